The van der Waals surface area contributed by atoms with Crippen LogP contribution < -0.4 is 0 Å². The van der Waals surface area contributed by atoms with Gasteiger partial charge in [-0.3, -0.25) is 0 Å². The highest BCUT2D eigenvalue weighted by molar-refractivity contribution is 9.10. The van der Waals surface area contributed by atoms with Gasteiger partial charge in [0.2, 0.25) is 0 Å². The average Bonchev–Trinajstić information content (AvgIpc) is 2.66. The summed E-state index contributed by atoms with van der Waals surface area (Å²) in [6.07, 6.45) is 0. The van der Waals surface area contributed by atoms with Crippen molar-refractivity contribution in [2.75, 3.05) is 0 Å². The first kappa shape index (κ1) is 12.8. The van der Waals surface area contributed by atoms with Gasteiger partial charge in [0.05, 0.1) is 4.47 Å². The van der Waals surface area contributed by atoms with E-state index in [1.54, 1.807) is 19.2 Å². The molecular formula is C13H11BrFNO2. The van der Waals surface area contributed by atoms with Gasteiger partial charge < -0.3 is 9.67 Å². The highest BCUT2D eigenvalue weighted by atomic mass is 79.9. The molecule has 0 bridgehead atoms. The topological polar surface area (TPSA) is 42.2 Å². The minimum Gasteiger partial charge on any atom is -0.477 e. The Hall–Kier alpha value is -1.62. The minimum atomic E-state index is -1.00. The van der Waals surface area contributed by atoms with Crippen molar-refractivity contribution >= 4 is 21.9 Å². The molecule has 0 radical (unpaired) electrons. The van der Waals surface area contributed by atoms with Gasteiger partial charge in [-0.1, -0.05) is 0 Å². The second-order valence-electron chi connectivity index (χ2n) is 4.05. The first-order valence-electron chi connectivity index (χ1n) is 5.27. The summed E-state index contributed by atoms with van der Waals surface area (Å²) >= 11 is 3.12. The van der Waals surface area contributed by atoms with Crippen LogP contribution in [0.1, 0.15) is 16.1 Å². The number of carbonyl (C=O) groups is 1. The maximum absolute atomic E-state index is 13.6. The van der Waals surface area contributed by atoms with Gasteiger partial charge in [-0.15, -0.1) is 0 Å². The second-order valence-corrected chi connectivity index (χ2v) is 4.90. The van der Waals surface area contributed by atoms with E-state index in [0.29, 0.717) is 15.7 Å². The van der Waals surface area contributed by atoms with Gasteiger partial charge in [-0.05, 0) is 52.7 Å². The smallest absolute Gasteiger partial charge is 0.352 e. The molecule has 0 aliphatic heterocycles. The van der Waals surface area contributed by atoms with Crippen molar-refractivity contribution in [3.05, 3.63) is 45.8 Å². The van der Waals surface area contributed by atoms with Gasteiger partial charge in [-0.2, -0.15) is 0 Å². The molecule has 1 N–H and O–H groups in total. The largest absolute Gasteiger partial charge is 0.477 e. The Morgan fingerprint density at radius 3 is 2.61 bits per heavy atom. The molecule has 0 fully saturated rings. The zero-order chi connectivity index (χ0) is 13.4. The molecule has 0 atom stereocenters. The van der Waals surface area contributed by atoms with E-state index in [1.807, 2.05) is 6.92 Å². The number of hydrogen-bond donors (Lipinski definition) is 1. The van der Waals surface area contributed by atoms with E-state index < -0.39 is 5.97 Å². The van der Waals surface area contributed by atoms with Gasteiger partial charge in [0.15, 0.2) is 0 Å². The van der Waals surface area contributed by atoms with Crippen molar-refractivity contribution in [2.45, 2.75) is 6.92 Å². The number of hydrogen-bond acceptors (Lipinski definition) is 1. The molecule has 1 aromatic heterocycles. The third-order valence-corrected chi connectivity index (χ3v) is 3.49. The highest BCUT2D eigenvalue weighted by Gasteiger charge is 2.15. The maximum Gasteiger partial charge on any atom is 0.352 e. The van der Waals surface area contributed by atoms with Crippen molar-refractivity contribution in [3.8, 4) is 11.3 Å². The van der Waals surface area contributed by atoms with Gasteiger partial charge in [0.25, 0.3) is 0 Å². The Morgan fingerprint density at radius 1 is 1.39 bits per heavy atom. The summed E-state index contributed by atoms with van der Waals surface area (Å²) in [6.45, 7) is 1.85. The van der Waals surface area contributed by atoms with Crippen LogP contribution in [-0.2, 0) is 7.05 Å². The molecular weight excluding hydrogens is 301 g/mol. The molecule has 2 rings (SSSR count). The minimum absolute atomic E-state index is 0.174. The molecule has 1 aromatic carbocycles. The van der Waals surface area contributed by atoms with Crippen LogP contribution in [0.15, 0.2) is 28.7 Å². The number of carboxylic acid groups (broad SMARTS) is 1. The average molecular weight is 312 g/mol. The summed E-state index contributed by atoms with van der Waals surface area (Å²) < 4.78 is 15.5. The number of benzene rings is 1. The van der Waals surface area contributed by atoms with Crippen LogP contribution in [0.2, 0.25) is 0 Å². The van der Waals surface area contributed by atoms with Crippen molar-refractivity contribution in [1.82, 2.24) is 4.57 Å². The fourth-order valence-corrected chi connectivity index (χ4v) is 2.38. The van der Waals surface area contributed by atoms with Gasteiger partial charge in [0, 0.05) is 18.3 Å². The molecule has 94 valence electrons. The Kier molecular flexibility index (Phi) is 3.26. The van der Waals surface area contributed by atoms with Crippen molar-refractivity contribution in [2.24, 2.45) is 7.05 Å². The molecule has 2 aromatic rings. The Morgan fingerprint density at radius 2 is 2.06 bits per heavy atom. The molecule has 0 aliphatic carbocycles. The molecule has 0 unspecified atom stereocenters. The zero-order valence-electron chi connectivity index (χ0n) is 9.87. The summed E-state index contributed by atoms with van der Waals surface area (Å²) in [6, 6.07) is 6.27. The van der Waals surface area contributed by atoms with Crippen LogP contribution in [0, 0.1) is 12.7 Å². The lowest BCUT2D eigenvalue weighted by Crippen LogP contribution is -2.05. The van der Waals surface area contributed by atoms with Crippen molar-refractivity contribution in [1.29, 1.82) is 0 Å². The normalized spacial score (nSPS) is 10.7. The van der Waals surface area contributed by atoms with Crippen LogP contribution in [0.25, 0.3) is 11.3 Å². The monoisotopic (exact) mass is 311 g/mol. The fourth-order valence-electron chi connectivity index (χ4n) is 1.92. The zero-order valence-corrected chi connectivity index (χ0v) is 11.5. The number of nitrogens with zero attached hydrogens (tertiary/aromatic N) is 1. The van der Waals surface area contributed by atoms with E-state index in [4.69, 9.17) is 5.11 Å². The van der Waals surface area contributed by atoms with E-state index in [2.05, 4.69) is 15.9 Å². The van der Waals surface area contributed by atoms with Gasteiger partial charge in [-0.25, -0.2) is 9.18 Å². The molecule has 3 nitrogen and oxygen atoms in total. The van der Waals surface area contributed by atoms with Crippen molar-refractivity contribution < 1.29 is 14.3 Å². The summed E-state index contributed by atoms with van der Waals surface area (Å²) in [5.41, 5.74) is 2.41. The lowest BCUT2D eigenvalue weighted by Gasteiger charge is -2.09. The molecule has 0 amide bonds. The highest BCUT2D eigenvalue weighted by Crippen LogP contribution is 2.29. The summed E-state index contributed by atoms with van der Waals surface area (Å²) in [4.78, 5) is 11.0. The number of aromatic nitrogens is 1. The summed E-state index contributed by atoms with van der Waals surface area (Å²) in [5, 5.41) is 8.99. The predicted molar refractivity (Wildman–Crippen MR) is 70.2 cm³/mol. The Labute approximate surface area is 112 Å². The molecule has 0 saturated heterocycles. The van der Waals surface area contributed by atoms with Gasteiger partial charge >= 0.3 is 5.97 Å². The lowest BCUT2D eigenvalue weighted by atomic mass is 10.1. The Balaban J connectivity index is 2.63. The van der Waals surface area contributed by atoms with Crippen LogP contribution in [0.5, 0.6) is 0 Å². The predicted octanol–water partition coefficient (Wildman–Crippen LogP) is 3.60. The van der Waals surface area contributed by atoms with Crippen molar-refractivity contribution in [3.63, 3.8) is 0 Å². The van der Waals surface area contributed by atoms with Crippen LogP contribution >= 0.6 is 15.9 Å². The second kappa shape index (κ2) is 4.57. The van der Waals surface area contributed by atoms with E-state index in [-0.39, 0.29) is 11.5 Å². The molecule has 5 heteroatoms. The lowest BCUT2D eigenvalue weighted by molar-refractivity contribution is 0.0687. The number of carboxylic acids is 1. The quantitative estimate of drug-likeness (QED) is 0.920. The van der Waals surface area contributed by atoms with Crippen LogP contribution in [-0.4, -0.2) is 15.6 Å². The first-order chi connectivity index (χ1) is 8.41. The van der Waals surface area contributed by atoms with E-state index in [0.717, 1.165) is 5.56 Å². The number of aromatic carboxylic acids is 1. The number of aryl methyl sites for hydroxylation is 1. The van der Waals surface area contributed by atoms with Crippen LogP contribution in [0.3, 0.4) is 0 Å². The fraction of sp³-hybridized carbons (Fsp3) is 0.154. The molecule has 0 aliphatic rings. The standard InChI is InChI=1S/C13H11BrFNO2/c1-7-5-9(14)10(15)6-8(7)11-3-4-12(13(17)18)16(11)2/h3-6H,1-2H3,(H,17,18). The number of halogens is 2. The van der Waals surface area contributed by atoms with E-state index in [9.17, 15) is 9.18 Å². The van der Waals surface area contributed by atoms with Gasteiger partial charge in [0.1, 0.15) is 11.5 Å². The van der Waals surface area contributed by atoms with E-state index >= 15 is 0 Å². The molecule has 0 saturated carbocycles. The first-order valence-corrected chi connectivity index (χ1v) is 6.06. The molecule has 18 heavy (non-hydrogen) atoms. The third-order valence-electron chi connectivity index (χ3n) is 2.88. The molecule has 0 spiro atoms. The number of rotatable bonds is 2. The SMILES string of the molecule is Cc1cc(Br)c(F)cc1-c1ccc(C(=O)O)n1C. The Bertz CT molecular complexity index is 634. The summed E-state index contributed by atoms with van der Waals surface area (Å²) in [5.74, 6) is -1.37. The molecule has 1 heterocycles. The maximum atomic E-state index is 13.6. The summed E-state index contributed by atoms with van der Waals surface area (Å²) in [7, 11) is 1.65. The third kappa shape index (κ3) is 2.06. The van der Waals surface area contributed by atoms with E-state index in [1.165, 1.54) is 16.7 Å². The van der Waals surface area contributed by atoms with Crippen LogP contribution in [0.4, 0.5) is 4.39 Å².